The van der Waals surface area contributed by atoms with Crippen molar-refractivity contribution in [3.63, 3.8) is 0 Å². The molecular weight excluding hydrogens is 528 g/mol. The van der Waals surface area contributed by atoms with E-state index in [4.69, 9.17) is 23.7 Å². The van der Waals surface area contributed by atoms with E-state index in [0.29, 0.717) is 43.4 Å². The molecule has 0 aliphatic carbocycles. The highest BCUT2D eigenvalue weighted by Crippen LogP contribution is 2.41. The summed E-state index contributed by atoms with van der Waals surface area (Å²) in [6.07, 6.45) is 0.614. The van der Waals surface area contributed by atoms with Crippen LogP contribution in [0.4, 0.5) is 0 Å². The third-order valence-corrected chi connectivity index (χ3v) is 7.43. The fourth-order valence-electron chi connectivity index (χ4n) is 5.33. The molecule has 0 saturated heterocycles. The Morgan fingerprint density at radius 2 is 1.61 bits per heavy atom. The van der Waals surface area contributed by atoms with Crippen LogP contribution in [0.15, 0.2) is 54.6 Å². The second-order valence-electron chi connectivity index (χ2n) is 9.79. The molecule has 2 amide bonds. The standard InChI is InChI=1S/C31H34N2O8/c1-37-26-9-6-22(16-25(26)34)31(36)32-12-13-40-14-15-41-23-7-4-20(5-8-23)30-24-18-28(39-3)27(38-2)17-21(24)10-11-33(30)29(35)19-32/h4-9,16-18,30,34H,10-15,19H2,1-3H3. The van der Waals surface area contributed by atoms with Crippen LogP contribution in [0.25, 0.3) is 0 Å². The van der Waals surface area contributed by atoms with Crippen LogP contribution in [0.2, 0.25) is 0 Å². The summed E-state index contributed by atoms with van der Waals surface area (Å²) in [5, 5.41) is 10.3. The Labute approximate surface area is 238 Å². The Balaban J connectivity index is 1.52. The molecule has 0 saturated carbocycles. The number of fused-ring (bicyclic) bond motifs is 11. The van der Waals surface area contributed by atoms with Crippen LogP contribution in [0.1, 0.15) is 33.1 Å². The minimum atomic E-state index is -0.413. The average Bonchev–Trinajstić information content (AvgIpc) is 3.01. The van der Waals surface area contributed by atoms with Crippen molar-refractivity contribution in [1.82, 2.24) is 9.80 Å². The maximum absolute atomic E-state index is 14.0. The quantitative estimate of drug-likeness (QED) is 0.482. The van der Waals surface area contributed by atoms with E-state index in [9.17, 15) is 14.7 Å². The van der Waals surface area contributed by atoms with E-state index >= 15 is 0 Å². The van der Waals surface area contributed by atoms with Gasteiger partial charge in [-0.05, 0) is 65.6 Å². The van der Waals surface area contributed by atoms with Crippen molar-refractivity contribution in [2.75, 3.05) is 60.8 Å². The summed E-state index contributed by atoms with van der Waals surface area (Å²) in [7, 11) is 4.62. The number of hydrogen-bond acceptors (Lipinski definition) is 8. The molecule has 1 atom stereocenters. The van der Waals surface area contributed by atoms with Gasteiger partial charge in [-0.3, -0.25) is 9.59 Å². The molecule has 6 rings (SSSR count). The van der Waals surface area contributed by atoms with Crippen LogP contribution in [-0.2, 0) is 16.0 Å². The number of methoxy groups -OCH3 is 3. The summed E-state index contributed by atoms with van der Waals surface area (Å²) >= 11 is 0. The van der Waals surface area contributed by atoms with Crippen molar-refractivity contribution in [2.24, 2.45) is 0 Å². The van der Waals surface area contributed by atoms with Crippen molar-refractivity contribution in [1.29, 1.82) is 0 Å². The molecule has 3 heterocycles. The van der Waals surface area contributed by atoms with E-state index < -0.39 is 11.9 Å². The monoisotopic (exact) mass is 562 g/mol. The number of carbonyl (C=O) groups excluding carboxylic acids is 2. The first-order valence-electron chi connectivity index (χ1n) is 13.4. The lowest BCUT2D eigenvalue weighted by atomic mass is 9.87. The van der Waals surface area contributed by atoms with Crippen molar-refractivity contribution in [3.05, 3.63) is 76.9 Å². The summed E-state index contributed by atoms with van der Waals surface area (Å²) in [5.74, 6) is 1.39. The maximum Gasteiger partial charge on any atom is 0.254 e. The number of phenols is 1. The topological polar surface area (TPSA) is 107 Å². The molecule has 3 aromatic carbocycles. The Morgan fingerprint density at radius 1 is 0.878 bits per heavy atom. The molecule has 0 spiro atoms. The van der Waals surface area contributed by atoms with Gasteiger partial charge in [-0.15, -0.1) is 0 Å². The number of nitrogens with zero attached hydrogens (tertiary/aromatic N) is 2. The van der Waals surface area contributed by atoms with Gasteiger partial charge in [-0.2, -0.15) is 0 Å². The zero-order valence-electron chi connectivity index (χ0n) is 23.4. The molecule has 41 heavy (non-hydrogen) atoms. The molecule has 0 aromatic heterocycles. The molecule has 0 fully saturated rings. The van der Waals surface area contributed by atoms with Gasteiger partial charge in [0, 0.05) is 18.7 Å². The lowest BCUT2D eigenvalue weighted by molar-refractivity contribution is -0.134. The number of benzene rings is 3. The smallest absolute Gasteiger partial charge is 0.254 e. The Bertz CT molecular complexity index is 1410. The van der Waals surface area contributed by atoms with Crippen molar-refractivity contribution < 1.29 is 38.4 Å². The Hall–Kier alpha value is -4.44. The molecule has 10 nitrogen and oxygen atoms in total. The first-order chi connectivity index (χ1) is 19.9. The van der Waals surface area contributed by atoms with Gasteiger partial charge in [0.15, 0.2) is 23.0 Å². The molecule has 3 aromatic rings. The highest BCUT2D eigenvalue weighted by Gasteiger charge is 2.35. The lowest BCUT2D eigenvalue weighted by Crippen LogP contribution is -2.47. The number of ether oxygens (including phenoxy) is 5. The zero-order chi connectivity index (χ0) is 28.9. The molecule has 1 unspecified atom stereocenters. The van der Waals surface area contributed by atoms with Crippen LogP contribution in [0.3, 0.4) is 0 Å². The average molecular weight is 563 g/mol. The Kier molecular flexibility index (Phi) is 8.49. The van der Waals surface area contributed by atoms with Crippen LogP contribution < -0.4 is 18.9 Å². The van der Waals surface area contributed by atoms with Crippen LogP contribution >= 0.6 is 0 Å². The fourth-order valence-corrected chi connectivity index (χ4v) is 5.33. The summed E-state index contributed by atoms with van der Waals surface area (Å²) in [6.45, 7) is 1.35. The minimum Gasteiger partial charge on any atom is -0.504 e. The number of carbonyl (C=O) groups is 2. The van der Waals surface area contributed by atoms with E-state index in [0.717, 1.165) is 16.7 Å². The van der Waals surface area contributed by atoms with E-state index in [-0.39, 0.29) is 42.7 Å². The predicted octanol–water partition coefficient (Wildman–Crippen LogP) is 3.44. The largest absolute Gasteiger partial charge is 0.504 e. The SMILES string of the molecule is COc1ccc(C(=O)N2CCOCCOc3ccc(cc3)C3c4cc(OC)c(OC)cc4CCN3C(=O)C2)cc1O. The van der Waals surface area contributed by atoms with Crippen molar-refractivity contribution in [3.8, 4) is 28.7 Å². The van der Waals surface area contributed by atoms with Gasteiger partial charge in [-0.25, -0.2) is 0 Å². The van der Waals surface area contributed by atoms with Gasteiger partial charge in [-0.1, -0.05) is 12.1 Å². The summed E-state index contributed by atoms with van der Waals surface area (Å²) < 4.78 is 27.8. The van der Waals surface area contributed by atoms with Crippen LogP contribution in [-0.4, -0.2) is 87.5 Å². The van der Waals surface area contributed by atoms with Gasteiger partial charge >= 0.3 is 0 Å². The highest BCUT2D eigenvalue weighted by molar-refractivity contribution is 5.97. The molecule has 216 valence electrons. The number of rotatable bonds is 4. The molecule has 1 N–H and O–H groups in total. The first kappa shape index (κ1) is 28.1. The zero-order valence-corrected chi connectivity index (χ0v) is 23.4. The third kappa shape index (κ3) is 5.88. The third-order valence-electron chi connectivity index (χ3n) is 7.43. The number of amides is 2. The van der Waals surface area contributed by atoms with E-state index in [1.54, 1.807) is 25.2 Å². The molecular formula is C31H34N2O8. The normalized spacial score (nSPS) is 17.4. The second kappa shape index (κ2) is 12.4. The summed E-state index contributed by atoms with van der Waals surface area (Å²) in [6, 6.07) is 15.6. The molecule has 3 aliphatic rings. The predicted molar refractivity (Wildman–Crippen MR) is 150 cm³/mol. The lowest BCUT2D eigenvalue weighted by Gasteiger charge is -2.39. The first-order valence-corrected chi connectivity index (χ1v) is 13.4. The van der Waals surface area contributed by atoms with E-state index in [1.165, 1.54) is 24.1 Å². The van der Waals surface area contributed by atoms with Gasteiger partial charge in [0.2, 0.25) is 5.91 Å². The van der Waals surface area contributed by atoms with E-state index in [2.05, 4.69) is 0 Å². The summed E-state index contributed by atoms with van der Waals surface area (Å²) in [5.41, 5.74) is 3.14. The van der Waals surface area contributed by atoms with Crippen molar-refractivity contribution >= 4 is 11.8 Å². The molecule has 3 aliphatic heterocycles. The summed E-state index contributed by atoms with van der Waals surface area (Å²) in [4.78, 5) is 30.9. The van der Waals surface area contributed by atoms with Crippen LogP contribution in [0, 0.1) is 0 Å². The second-order valence-corrected chi connectivity index (χ2v) is 9.79. The van der Waals surface area contributed by atoms with E-state index in [1.807, 2.05) is 36.4 Å². The Morgan fingerprint density at radius 3 is 2.32 bits per heavy atom. The number of aromatic hydroxyl groups is 1. The van der Waals surface area contributed by atoms with Gasteiger partial charge < -0.3 is 38.6 Å². The van der Waals surface area contributed by atoms with Gasteiger partial charge in [0.05, 0.1) is 40.6 Å². The minimum absolute atomic E-state index is 0.156. The molecule has 2 bridgehead atoms. The highest BCUT2D eigenvalue weighted by atomic mass is 16.5. The van der Waals surface area contributed by atoms with Gasteiger partial charge in [0.1, 0.15) is 18.9 Å². The van der Waals surface area contributed by atoms with Crippen molar-refractivity contribution in [2.45, 2.75) is 12.5 Å². The number of phenolic OH excluding ortho intramolecular Hbond substituents is 1. The van der Waals surface area contributed by atoms with Crippen LogP contribution in [0.5, 0.6) is 28.7 Å². The fraction of sp³-hybridized carbons (Fsp3) is 0.355. The number of hydrogen-bond donors (Lipinski definition) is 1. The maximum atomic E-state index is 14.0. The molecule has 10 heteroatoms. The molecule has 0 radical (unpaired) electrons. The van der Waals surface area contributed by atoms with Gasteiger partial charge in [0.25, 0.3) is 5.91 Å².